The molecule has 0 bridgehead atoms. The topological polar surface area (TPSA) is 134 Å². The van der Waals surface area contributed by atoms with E-state index in [1.54, 1.807) is 26.4 Å². The molecule has 3 atom stereocenters. The van der Waals surface area contributed by atoms with E-state index < -0.39 is 47.2 Å². The first-order valence-corrected chi connectivity index (χ1v) is 16.9. The average Bonchev–Trinajstić information content (AvgIpc) is 3.58. The molecule has 1 saturated heterocycles. The minimum absolute atomic E-state index is 0.0469. The van der Waals surface area contributed by atoms with Crippen LogP contribution in [0.1, 0.15) is 52.2 Å². The summed E-state index contributed by atoms with van der Waals surface area (Å²) in [5, 5.41) is 0. The molecule has 0 saturated carbocycles. The highest BCUT2D eigenvalue weighted by Gasteiger charge is 2.44. The Kier molecular flexibility index (Phi) is 10.9. The molecule has 12 nitrogen and oxygen atoms in total. The summed E-state index contributed by atoms with van der Waals surface area (Å²) in [5.41, 5.74) is -0.224. The predicted octanol–water partition coefficient (Wildman–Crippen LogP) is 5.26. The van der Waals surface area contributed by atoms with Crippen molar-refractivity contribution in [3.63, 3.8) is 0 Å². The molecule has 12 heteroatoms. The third-order valence-electron chi connectivity index (χ3n) is 9.27. The van der Waals surface area contributed by atoms with Crippen molar-refractivity contribution in [2.75, 3.05) is 27.9 Å². The van der Waals surface area contributed by atoms with Gasteiger partial charge < -0.3 is 28.4 Å². The summed E-state index contributed by atoms with van der Waals surface area (Å²) in [6.07, 6.45) is -1.33. The Hall–Kier alpha value is -5.98. The van der Waals surface area contributed by atoms with Crippen LogP contribution in [0.15, 0.2) is 119 Å². The van der Waals surface area contributed by atoms with Crippen LogP contribution in [0.2, 0.25) is 0 Å². The highest BCUT2D eigenvalue weighted by molar-refractivity contribution is 5.95. The van der Waals surface area contributed by atoms with Gasteiger partial charge in [-0.15, -0.1) is 0 Å². The van der Waals surface area contributed by atoms with Gasteiger partial charge in [-0.25, -0.2) is 4.79 Å². The number of aromatic nitrogens is 2. The van der Waals surface area contributed by atoms with Crippen LogP contribution in [0, 0.1) is 6.92 Å². The third kappa shape index (κ3) is 7.37. The molecule has 1 aliphatic heterocycles. The van der Waals surface area contributed by atoms with Crippen molar-refractivity contribution in [3.05, 3.63) is 158 Å². The first-order valence-electron chi connectivity index (χ1n) is 16.9. The van der Waals surface area contributed by atoms with Gasteiger partial charge in [0.15, 0.2) is 0 Å². The highest BCUT2D eigenvalue weighted by Crippen LogP contribution is 2.43. The second kappa shape index (κ2) is 15.7. The molecule has 0 radical (unpaired) electrons. The molecular formula is C41H40N2O10. The summed E-state index contributed by atoms with van der Waals surface area (Å²) >= 11 is 0. The fourth-order valence-electron chi connectivity index (χ4n) is 6.59. The van der Waals surface area contributed by atoms with Crippen LogP contribution < -0.4 is 25.5 Å². The fraction of sp³-hybridized carbons (Fsp3) is 0.268. The number of ether oxygens (including phenoxy) is 6. The quantitative estimate of drug-likeness (QED) is 0.124. The van der Waals surface area contributed by atoms with Gasteiger partial charge in [-0.1, -0.05) is 54.6 Å². The van der Waals surface area contributed by atoms with E-state index in [2.05, 4.69) is 0 Å². The zero-order chi connectivity index (χ0) is 37.7. The standard InChI is InChI=1S/C41H40N2O10/c1-26-24-42(40(47)43(38(26)45)39(46)28-11-17-32(48-3)18-12-28)37-23-35(52-27(2)44)36(53-37)25-51-41(29-9-7-6-8-10-29,30-13-19-33(49-4)20-14-30)31-15-21-34(50-5)22-16-31/h6-22,24,35-37H,23,25H2,1-5H3. The normalized spacial score (nSPS) is 16.9. The Bertz CT molecular complexity index is 2130. The first-order chi connectivity index (χ1) is 25.6. The van der Waals surface area contributed by atoms with Crippen molar-refractivity contribution >= 4 is 11.9 Å². The Morgan fingerprint density at radius 2 is 1.26 bits per heavy atom. The summed E-state index contributed by atoms with van der Waals surface area (Å²) in [4.78, 5) is 53.1. The maximum atomic E-state index is 13.9. The van der Waals surface area contributed by atoms with Crippen LogP contribution in [0.4, 0.5) is 0 Å². The second-order valence-electron chi connectivity index (χ2n) is 12.5. The number of carbonyl (C=O) groups is 2. The minimum atomic E-state index is -1.20. The first kappa shape index (κ1) is 36.8. The van der Waals surface area contributed by atoms with Gasteiger partial charge in [0.25, 0.3) is 11.5 Å². The van der Waals surface area contributed by atoms with E-state index in [1.165, 1.54) is 43.9 Å². The number of aryl methyl sites for hydroxylation is 1. The molecule has 0 aliphatic carbocycles. The average molecular weight is 721 g/mol. The lowest BCUT2D eigenvalue weighted by Crippen LogP contribution is -2.45. The molecule has 1 aliphatic rings. The van der Waals surface area contributed by atoms with Crippen LogP contribution in [-0.4, -0.2) is 61.2 Å². The molecule has 0 spiro atoms. The van der Waals surface area contributed by atoms with Gasteiger partial charge in [-0.2, -0.15) is 4.57 Å². The third-order valence-corrected chi connectivity index (χ3v) is 9.27. The monoisotopic (exact) mass is 720 g/mol. The summed E-state index contributed by atoms with van der Waals surface area (Å²) in [7, 11) is 4.68. The Labute approximate surface area is 306 Å². The Morgan fingerprint density at radius 1 is 0.755 bits per heavy atom. The fourth-order valence-corrected chi connectivity index (χ4v) is 6.59. The number of carbonyl (C=O) groups excluding carboxylic acids is 2. The Morgan fingerprint density at radius 3 is 1.77 bits per heavy atom. The molecule has 274 valence electrons. The minimum Gasteiger partial charge on any atom is -0.497 e. The molecule has 2 heterocycles. The van der Waals surface area contributed by atoms with Crippen molar-refractivity contribution in [3.8, 4) is 17.2 Å². The summed E-state index contributed by atoms with van der Waals surface area (Å²) in [6.45, 7) is 2.70. The van der Waals surface area contributed by atoms with Gasteiger partial charge in [-0.05, 0) is 72.1 Å². The van der Waals surface area contributed by atoms with Gasteiger partial charge in [0.2, 0.25) is 0 Å². The van der Waals surface area contributed by atoms with E-state index in [0.29, 0.717) is 21.8 Å². The van der Waals surface area contributed by atoms with Crippen molar-refractivity contribution in [1.82, 2.24) is 9.13 Å². The number of rotatable bonds is 12. The summed E-state index contributed by atoms with van der Waals surface area (Å²) in [6, 6.07) is 30.8. The lowest BCUT2D eigenvalue weighted by atomic mass is 9.80. The van der Waals surface area contributed by atoms with E-state index in [9.17, 15) is 19.2 Å². The lowest BCUT2D eigenvalue weighted by Gasteiger charge is -2.37. The summed E-state index contributed by atoms with van der Waals surface area (Å²) in [5.74, 6) is 0.480. The molecule has 4 aromatic carbocycles. The molecule has 6 rings (SSSR count). The second-order valence-corrected chi connectivity index (χ2v) is 12.5. The van der Waals surface area contributed by atoms with Crippen molar-refractivity contribution in [2.24, 2.45) is 0 Å². The molecular weight excluding hydrogens is 680 g/mol. The van der Waals surface area contributed by atoms with Crippen molar-refractivity contribution in [2.45, 2.75) is 44.3 Å². The summed E-state index contributed by atoms with van der Waals surface area (Å²) < 4.78 is 37.1. The number of methoxy groups -OCH3 is 3. The largest absolute Gasteiger partial charge is 0.497 e. The maximum Gasteiger partial charge on any atom is 0.340 e. The zero-order valence-electron chi connectivity index (χ0n) is 30.0. The number of hydrogen-bond donors (Lipinski definition) is 0. The van der Waals surface area contributed by atoms with Gasteiger partial charge >= 0.3 is 11.7 Å². The molecule has 1 fully saturated rings. The number of esters is 1. The molecule has 1 aromatic heterocycles. The molecule has 0 N–H and O–H groups in total. The molecule has 5 aromatic rings. The van der Waals surface area contributed by atoms with Crippen LogP contribution >= 0.6 is 0 Å². The van der Waals surface area contributed by atoms with E-state index in [-0.39, 0.29) is 24.2 Å². The lowest BCUT2D eigenvalue weighted by molar-refractivity contribution is -0.153. The zero-order valence-corrected chi connectivity index (χ0v) is 30.0. The number of nitrogens with zero attached hydrogens (tertiary/aromatic N) is 2. The Balaban J connectivity index is 1.39. The van der Waals surface area contributed by atoms with Gasteiger partial charge in [-0.3, -0.25) is 19.0 Å². The smallest absolute Gasteiger partial charge is 0.340 e. The van der Waals surface area contributed by atoms with E-state index in [1.807, 2.05) is 78.9 Å². The SMILES string of the molecule is COc1ccc(C(=O)n2c(=O)c(C)cn(C3CC(OC(C)=O)C(COC(c4ccccc4)(c4ccc(OC)cc4)c4ccc(OC)cc4)O3)c2=O)cc1. The van der Waals surface area contributed by atoms with E-state index >= 15 is 0 Å². The van der Waals surface area contributed by atoms with Crippen molar-refractivity contribution < 1.29 is 38.0 Å². The number of hydrogen-bond acceptors (Lipinski definition) is 10. The number of benzene rings is 4. The highest BCUT2D eigenvalue weighted by atomic mass is 16.6. The molecule has 53 heavy (non-hydrogen) atoms. The van der Waals surface area contributed by atoms with Crippen LogP contribution in [0.3, 0.4) is 0 Å². The van der Waals surface area contributed by atoms with E-state index in [0.717, 1.165) is 16.7 Å². The van der Waals surface area contributed by atoms with Crippen molar-refractivity contribution in [1.29, 1.82) is 0 Å². The van der Waals surface area contributed by atoms with Crippen LogP contribution in [0.5, 0.6) is 17.2 Å². The van der Waals surface area contributed by atoms with Crippen LogP contribution in [0.25, 0.3) is 0 Å². The van der Waals surface area contributed by atoms with Gasteiger partial charge in [0.1, 0.15) is 41.3 Å². The molecule has 0 amide bonds. The van der Waals surface area contributed by atoms with E-state index in [4.69, 9.17) is 28.4 Å². The van der Waals surface area contributed by atoms with Crippen LogP contribution in [-0.2, 0) is 24.6 Å². The predicted molar refractivity (Wildman–Crippen MR) is 195 cm³/mol. The van der Waals surface area contributed by atoms with Gasteiger partial charge in [0, 0.05) is 30.7 Å². The van der Waals surface area contributed by atoms with Gasteiger partial charge in [0.05, 0.1) is 27.9 Å². The maximum absolute atomic E-state index is 13.9. The molecule has 3 unspecified atom stereocenters.